The number of rotatable bonds is 6. The van der Waals surface area contributed by atoms with E-state index in [1.165, 1.54) is 0 Å². The second-order valence-electron chi connectivity index (χ2n) is 8.40. The highest BCUT2D eigenvalue weighted by Crippen LogP contribution is 2.56. The maximum atomic E-state index is 13.0. The molecule has 6 rings (SSSR count). The van der Waals surface area contributed by atoms with E-state index in [2.05, 4.69) is 10.5 Å². The number of fused-ring (bicyclic) bond motifs is 6. The molecule has 8 nitrogen and oxygen atoms in total. The topological polar surface area (TPSA) is 95.5 Å². The second-order valence-corrected chi connectivity index (χ2v) is 8.40. The molecule has 1 spiro atoms. The van der Waals surface area contributed by atoms with Gasteiger partial charge in [0.25, 0.3) is 0 Å². The Hall–Kier alpha value is -4.69. The largest absolute Gasteiger partial charge is 0.467 e. The molecule has 178 valence electrons. The minimum Gasteiger partial charge on any atom is -0.467 e. The van der Waals surface area contributed by atoms with E-state index in [9.17, 15) is 9.70 Å². The average molecular weight is 480 g/mol. The fourth-order valence-electron chi connectivity index (χ4n) is 4.72. The van der Waals surface area contributed by atoms with Gasteiger partial charge in [-0.2, -0.15) is 0 Å². The van der Waals surface area contributed by atoms with Gasteiger partial charge >= 0.3 is 5.97 Å². The summed E-state index contributed by atoms with van der Waals surface area (Å²) in [6.45, 7) is 0.0881. The fraction of sp³-hybridized carbons (Fsp3) is 0.107. The summed E-state index contributed by atoms with van der Waals surface area (Å²) in [5.41, 5.74) is 3.41. The number of carbonyl (C=O) groups is 1. The van der Waals surface area contributed by atoms with E-state index in [0.717, 1.165) is 16.9 Å². The Labute approximate surface area is 206 Å². The minimum atomic E-state index is -1.16. The predicted octanol–water partition coefficient (Wildman–Crippen LogP) is 6.38. The number of nitrogens with one attached hydrogen (secondary N) is 1. The molecule has 0 amide bonds. The van der Waals surface area contributed by atoms with Crippen molar-refractivity contribution >= 4 is 23.0 Å². The van der Waals surface area contributed by atoms with Crippen LogP contribution in [0.1, 0.15) is 27.0 Å². The van der Waals surface area contributed by atoms with Gasteiger partial charge in [0, 0.05) is 47.3 Å². The van der Waals surface area contributed by atoms with Crippen LogP contribution in [0.15, 0.2) is 90.1 Å². The molecular weight excluding hydrogens is 460 g/mol. The van der Waals surface area contributed by atoms with Gasteiger partial charge in [-0.25, -0.2) is 4.79 Å². The molecule has 0 bridgehead atoms. The summed E-state index contributed by atoms with van der Waals surface area (Å²) >= 11 is 0. The Balaban J connectivity index is 1.48. The van der Waals surface area contributed by atoms with Crippen LogP contribution in [-0.4, -0.2) is 19.9 Å². The summed E-state index contributed by atoms with van der Waals surface area (Å²) in [5.74, 6) is 1.21. The van der Waals surface area contributed by atoms with Crippen molar-refractivity contribution in [2.24, 2.45) is 5.18 Å². The van der Waals surface area contributed by atoms with E-state index in [-0.39, 0.29) is 6.79 Å². The normalized spacial score (nSPS) is 16.9. The van der Waals surface area contributed by atoms with Crippen LogP contribution in [0.4, 0.5) is 17.1 Å². The first-order chi connectivity index (χ1) is 17.6. The molecule has 2 heterocycles. The second kappa shape index (κ2) is 8.51. The molecule has 36 heavy (non-hydrogen) atoms. The predicted molar refractivity (Wildman–Crippen MR) is 132 cm³/mol. The third-order valence-corrected chi connectivity index (χ3v) is 6.29. The molecule has 1 unspecified atom stereocenters. The van der Waals surface area contributed by atoms with Gasteiger partial charge in [-0.15, -0.1) is 4.91 Å². The van der Waals surface area contributed by atoms with Gasteiger partial charge in [0.1, 0.15) is 22.9 Å². The zero-order valence-electron chi connectivity index (χ0n) is 19.2. The minimum absolute atomic E-state index is 0.0881. The first-order valence-electron chi connectivity index (χ1n) is 11.2. The Bertz CT molecular complexity index is 1500. The van der Waals surface area contributed by atoms with E-state index in [1.807, 2.05) is 42.5 Å². The number of nitroso groups, excluding NO2 is 1. The first kappa shape index (κ1) is 21.8. The van der Waals surface area contributed by atoms with E-state index >= 15 is 0 Å². The lowest BCUT2D eigenvalue weighted by Crippen LogP contribution is -2.33. The molecule has 2 aliphatic heterocycles. The third kappa shape index (κ3) is 3.38. The Morgan fingerprint density at radius 2 is 1.58 bits per heavy atom. The third-order valence-electron chi connectivity index (χ3n) is 6.29. The molecule has 8 heteroatoms. The zero-order chi connectivity index (χ0) is 24.7. The smallest absolute Gasteiger partial charge is 0.340 e. The zero-order valence-corrected chi connectivity index (χ0v) is 19.2. The van der Waals surface area contributed by atoms with Crippen LogP contribution in [-0.2, 0) is 15.1 Å². The van der Waals surface area contributed by atoms with Crippen molar-refractivity contribution in [1.29, 1.82) is 0 Å². The number of ether oxygens (including phenoxy) is 4. The highest BCUT2D eigenvalue weighted by atomic mass is 16.7. The quantitative estimate of drug-likeness (QED) is 0.194. The van der Waals surface area contributed by atoms with Gasteiger partial charge in [-0.1, -0.05) is 18.2 Å². The molecule has 0 aromatic heterocycles. The van der Waals surface area contributed by atoms with Gasteiger partial charge in [0.05, 0.1) is 5.56 Å². The van der Waals surface area contributed by atoms with Crippen LogP contribution >= 0.6 is 0 Å². The first-order valence-corrected chi connectivity index (χ1v) is 11.2. The fourth-order valence-corrected chi connectivity index (χ4v) is 4.72. The van der Waals surface area contributed by atoms with Crippen LogP contribution in [0.5, 0.6) is 17.2 Å². The summed E-state index contributed by atoms with van der Waals surface area (Å²) in [7, 11) is 1.55. The lowest BCUT2D eigenvalue weighted by molar-refractivity contribution is 0.0223. The van der Waals surface area contributed by atoms with Crippen molar-refractivity contribution < 1.29 is 23.7 Å². The molecule has 4 aromatic carbocycles. The lowest BCUT2D eigenvalue weighted by atomic mass is 9.77. The van der Waals surface area contributed by atoms with E-state index in [1.54, 1.807) is 49.6 Å². The van der Waals surface area contributed by atoms with Crippen molar-refractivity contribution in [1.82, 2.24) is 0 Å². The standard InChI is InChI=1S/C28H20N2O6/c1-33-16-34-20-11-13-24-26(15-20)35-25-14-19(29-17-6-8-18(30-32)9-7-17)10-12-23(25)28(24)22-5-3-2-4-21(22)27(31)36-28/h2-15,29H,16H2,1H3. The molecule has 1 N–H and O–H groups in total. The molecule has 4 aromatic rings. The Kier molecular flexibility index (Phi) is 5.16. The SMILES string of the molecule is COCOc1ccc2c(c1)Oc1cc(Nc3ccc(N=O)cc3)ccc1C21OC(=O)c2ccccc21. The van der Waals surface area contributed by atoms with E-state index in [4.69, 9.17) is 18.9 Å². The number of carbonyl (C=O) groups excluding carboxylic acids is 1. The molecule has 0 saturated carbocycles. The van der Waals surface area contributed by atoms with Gasteiger partial charge in [-0.05, 0) is 59.8 Å². The summed E-state index contributed by atoms with van der Waals surface area (Å²) in [4.78, 5) is 23.7. The Morgan fingerprint density at radius 3 is 2.36 bits per heavy atom. The van der Waals surface area contributed by atoms with Crippen molar-refractivity contribution in [2.75, 3.05) is 19.2 Å². The summed E-state index contributed by atoms with van der Waals surface area (Å²) < 4.78 is 23.2. The average Bonchev–Trinajstić information content (AvgIpc) is 3.20. The highest BCUT2D eigenvalue weighted by Gasteiger charge is 2.53. The van der Waals surface area contributed by atoms with Crippen LogP contribution < -0.4 is 14.8 Å². The molecule has 0 radical (unpaired) electrons. The molecule has 0 aliphatic carbocycles. The number of hydrogen-bond acceptors (Lipinski definition) is 8. The maximum absolute atomic E-state index is 13.0. The van der Waals surface area contributed by atoms with Crippen molar-refractivity contribution in [2.45, 2.75) is 5.60 Å². The number of hydrogen-bond donors (Lipinski definition) is 1. The lowest BCUT2D eigenvalue weighted by Gasteiger charge is -2.36. The van der Waals surface area contributed by atoms with Crippen LogP contribution in [0.2, 0.25) is 0 Å². The van der Waals surface area contributed by atoms with E-state index in [0.29, 0.717) is 39.6 Å². The number of anilines is 2. The van der Waals surface area contributed by atoms with Gasteiger partial charge in [-0.3, -0.25) is 0 Å². The van der Waals surface area contributed by atoms with E-state index < -0.39 is 11.6 Å². The highest BCUT2D eigenvalue weighted by molar-refractivity contribution is 5.97. The molecule has 0 saturated heterocycles. The number of methoxy groups -OCH3 is 1. The van der Waals surface area contributed by atoms with Crippen LogP contribution in [0, 0.1) is 4.91 Å². The number of nitrogens with zero attached hydrogens (tertiary/aromatic N) is 1. The molecular formula is C28H20N2O6. The molecule has 0 fully saturated rings. The van der Waals surface area contributed by atoms with Crippen LogP contribution in [0.25, 0.3) is 0 Å². The van der Waals surface area contributed by atoms with Gasteiger partial charge in [0.15, 0.2) is 12.4 Å². The number of benzene rings is 4. The molecule has 1 atom stereocenters. The van der Waals surface area contributed by atoms with Gasteiger partial charge in [0.2, 0.25) is 0 Å². The summed E-state index contributed by atoms with van der Waals surface area (Å²) in [5, 5.41) is 6.23. The monoisotopic (exact) mass is 480 g/mol. The van der Waals surface area contributed by atoms with Crippen molar-refractivity contribution in [3.05, 3.63) is 112 Å². The molecule has 2 aliphatic rings. The maximum Gasteiger partial charge on any atom is 0.340 e. The van der Waals surface area contributed by atoms with Crippen LogP contribution in [0.3, 0.4) is 0 Å². The summed E-state index contributed by atoms with van der Waals surface area (Å²) in [6, 6.07) is 25.2. The van der Waals surface area contributed by atoms with Gasteiger partial charge < -0.3 is 24.3 Å². The van der Waals surface area contributed by atoms with Crippen molar-refractivity contribution in [3.63, 3.8) is 0 Å². The Morgan fingerprint density at radius 1 is 0.861 bits per heavy atom. The number of esters is 1. The summed E-state index contributed by atoms with van der Waals surface area (Å²) in [6.07, 6.45) is 0. The van der Waals surface area contributed by atoms with Crippen molar-refractivity contribution in [3.8, 4) is 17.2 Å².